The summed E-state index contributed by atoms with van der Waals surface area (Å²) in [5.74, 6) is 0.0544. The van der Waals surface area contributed by atoms with E-state index in [0.29, 0.717) is 44.0 Å². The lowest BCUT2D eigenvalue weighted by Gasteiger charge is -2.15. The van der Waals surface area contributed by atoms with Crippen molar-refractivity contribution in [2.45, 2.75) is 26.3 Å². The molecule has 8 nitrogen and oxygen atoms in total. The summed E-state index contributed by atoms with van der Waals surface area (Å²) >= 11 is 1.42. The molecule has 2 N–H and O–H groups in total. The van der Waals surface area contributed by atoms with Crippen LogP contribution < -0.4 is 0 Å². The van der Waals surface area contributed by atoms with Crippen LogP contribution in [0, 0.1) is 5.82 Å². The number of ketones is 1. The highest BCUT2D eigenvalue weighted by molar-refractivity contribution is 7.17. The predicted molar refractivity (Wildman–Crippen MR) is 150 cm³/mol. The fraction of sp³-hybridized carbons (Fsp3) is 0.207. The summed E-state index contributed by atoms with van der Waals surface area (Å²) in [6.07, 6.45) is 7.66. The number of benzene rings is 1. The van der Waals surface area contributed by atoms with Gasteiger partial charge in [0.05, 0.1) is 21.3 Å². The van der Waals surface area contributed by atoms with Gasteiger partial charge in [0.2, 0.25) is 0 Å². The number of nitrogens with zero attached hydrogens (tertiary/aromatic N) is 5. The first-order chi connectivity index (χ1) is 19.0. The normalized spacial score (nSPS) is 14.1. The predicted octanol–water partition coefficient (Wildman–Crippen LogP) is 6.23. The van der Waals surface area contributed by atoms with E-state index in [9.17, 15) is 4.79 Å². The Bertz CT molecular complexity index is 1860. The maximum absolute atomic E-state index is 16.2. The van der Waals surface area contributed by atoms with Gasteiger partial charge in [-0.3, -0.25) is 19.8 Å². The van der Waals surface area contributed by atoms with Gasteiger partial charge in [0.15, 0.2) is 17.3 Å². The number of aromatic amines is 2. The molecule has 5 aromatic heterocycles. The van der Waals surface area contributed by atoms with Gasteiger partial charge >= 0.3 is 0 Å². The number of nitrogens with one attached hydrogen (secondary N) is 2. The molecule has 0 atom stereocenters. The highest BCUT2D eigenvalue weighted by Gasteiger charge is 2.21. The van der Waals surface area contributed by atoms with Crippen molar-refractivity contribution in [1.29, 1.82) is 0 Å². The van der Waals surface area contributed by atoms with Gasteiger partial charge in [0.1, 0.15) is 11.5 Å². The van der Waals surface area contributed by atoms with E-state index in [1.54, 1.807) is 25.4 Å². The SMILES string of the molecule is CC(=O)c1ccc(-c2ccnc3nc(-c4n[nH]c5ccc(-c6cncc(CN7CCCC7)c6)c(F)c45)[nH]c23)s1. The molecule has 1 aliphatic rings. The third-order valence-corrected chi connectivity index (χ3v) is 8.43. The van der Waals surface area contributed by atoms with Crippen molar-refractivity contribution in [2.24, 2.45) is 0 Å². The molecule has 0 amide bonds. The Morgan fingerprint density at radius 1 is 1.10 bits per heavy atom. The van der Waals surface area contributed by atoms with Gasteiger partial charge in [-0.15, -0.1) is 11.3 Å². The van der Waals surface area contributed by atoms with E-state index < -0.39 is 0 Å². The van der Waals surface area contributed by atoms with Crippen molar-refractivity contribution < 1.29 is 9.18 Å². The Balaban J connectivity index is 1.30. The number of thiophene rings is 1. The van der Waals surface area contributed by atoms with E-state index in [1.165, 1.54) is 24.2 Å². The number of H-pyrrole nitrogens is 2. The second-order valence-corrected chi connectivity index (χ2v) is 10.9. The molecule has 0 saturated carbocycles. The summed E-state index contributed by atoms with van der Waals surface area (Å²) in [5, 5.41) is 7.72. The average molecular weight is 538 g/mol. The van der Waals surface area contributed by atoms with Gasteiger partial charge in [-0.2, -0.15) is 5.10 Å². The van der Waals surface area contributed by atoms with E-state index in [4.69, 9.17) is 0 Å². The van der Waals surface area contributed by atoms with Crippen LogP contribution >= 0.6 is 11.3 Å². The first kappa shape index (κ1) is 23.8. The average Bonchev–Trinajstić information content (AvgIpc) is 3.74. The molecule has 0 aliphatic carbocycles. The highest BCUT2D eigenvalue weighted by atomic mass is 32.1. The Morgan fingerprint density at radius 2 is 1.97 bits per heavy atom. The number of likely N-dealkylation sites (tertiary alicyclic amines) is 1. The second-order valence-electron chi connectivity index (χ2n) is 9.85. The highest BCUT2D eigenvalue weighted by Crippen LogP contribution is 2.36. The van der Waals surface area contributed by atoms with Gasteiger partial charge in [-0.1, -0.05) is 0 Å². The molecule has 6 heterocycles. The number of fused-ring (bicyclic) bond motifs is 2. The first-order valence-corrected chi connectivity index (χ1v) is 13.7. The van der Waals surface area contributed by atoms with Crippen molar-refractivity contribution in [1.82, 2.24) is 35.0 Å². The molecule has 0 spiro atoms. The van der Waals surface area contributed by atoms with Crippen LogP contribution in [0.4, 0.5) is 4.39 Å². The number of aromatic nitrogens is 6. The minimum absolute atomic E-state index is 0.0212. The van der Waals surface area contributed by atoms with Gasteiger partial charge in [-0.25, -0.2) is 14.4 Å². The molecular weight excluding hydrogens is 513 g/mol. The fourth-order valence-electron chi connectivity index (χ4n) is 5.29. The molecule has 0 radical (unpaired) electrons. The maximum atomic E-state index is 16.2. The summed E-state index contributed by atoms with van der Waals surface area (Å²) in [6, 6.07) is 11.2. The van der Waals surface area contributed by atoms with Crippen LogP contribution in [0.3, 0.4) is 0 Å². The minimum Gasteiger partial charge on any atom is -0.335 e. The van der Waals surface area contributed by atoms with Crippen LogP contribution in [0.2, 0.25) is 0 Å². The van der Waals surface area contributed by atoms with Crippen LogP contribution in [0.5, 0.6) is 0 Å². The Labute approximate surface area is 227 Å². The smallest absolute Gasteiger partial charge is 0.178 e. The molecule has 0 unspecified atom stereocenters. The molecule has 0 bridgehead atoms. The summed E-state index contributed by atoms with van der Waals surface area (Å²) < 4.78 is 16.2. The number of carbonyl (C=O) groups excluding carboxylic acids is 1. The lowest BCUT2D eigenvalue weighted by atomic mass is 10.0. The van der Waals surface area contributed by atoms with E-state index in [1.807, 2.05) is 36.5 Å². The number of pyridine rings is 2. The molecule has 7 rings (SSSR count). The van der Waals surface area contributed by atoms with Gasteiger partial charge < -0.3 is 4.98 Å². The molecule has 1 aromatic carbocycles. The molecule has 1 fully saturated rings. The number of halogens is 1. The minimum atomic E-state index is -0.380. The van der Waals surface area contributed by atoms with Crippen molar-refractivity contribution in [3.05, 3.63) is 71.2 Å². The number of imidazole rings is 1. The van der Waals surface area contributed by atoms with E-state index in [2.05, 4.69) is 35.0 Å². The number of hydrogen-bond acceptors (Lipinski definition) is 7. The molecule has 1 aliphatic heterocycles. The zero-order valence-corrected chi connectivity index (χ0v) is 22.0. The molecule has 194 valence electrons. The van der Waals surface area contributed by atoms with Crippen molar-refractivity contribution in [3.8, 4) is 33.1 Å². The van der Waals surface area contributed by atoms with Gasteiger partial charge in [0, 0.05) is 46.7 Å². The number of hydrogen-bond donors (Lipinski definition) is 2. The Kier molecular flexibility index (Phi) is 5.79. The van der Waals surface area contributed by atoms with Crippen LogP contribution in [-0.2, 0) is 6.54 Å². The summed E-state index contributed by atoms with van der Waals surface area (Å²) in [4.78, 5) is 32.6. The quantitative estimate of drug-likeness (QED) is 0.244. The van der Waals surface area contributed by atoms with E-state index in [-0.39, 0.29) is 11.6 Å². The third-order valence-electron chi connectivity index (χ3n) is 7.21. The van der Waals surface area contributed by atoms with E-state index >= 15 is 4.39 Å². The summed E-state index contributed by atoms with van der Waals surface area (Å²) in [7, 11) is 0. The van der Waals surface area contributed by atoms with Crippen LogP contribution in [-0.4, -0.2) is 53.9 Å². The van der Waals surface area contributed by atoms with Crippen molar-refractivity contribution in [2.75, 3.05) is 13.1 Å². The first-order valence-electron chi connectivity index (χ1n) is 12.8. The zero-order valence-electron chi connectivity index (χ0n) is 21.2. The van der Waals surface area contributed by atoms with E-state index in [0.717, 1.165) is 41.2 Å². The monoisotopic (exact) mass is 537 g/mol. The standard InChI is InChI=1S/C29H24FN7OS/c1-16(38)22-6-7-23(39-22)20-8-9-32-28-26(20)33-29(34-28)27-24-21(35-36-27)5-4-19(25(24)30)18-12-17(13-31-14-18)15-37-10-2-3-11-37/h4-9,12-14H,2-3,10-11,15H2,1H3,(H,35,36)(H,32,33,34). The molecule has 10 heteroatoms. The third kappa shape index (κ3) is 4.21. The lowest BCUT2D eigenvalue weighted by Crippen LogP contribution is -2.18. The van der Waals surface area contributed by atoms with Gasteiger partial charge in [-0.05, 0) is 74.8 Å². The second kappa shape index (κ2) is 9.48. The Morgan fingerprint density at radius 3 is 2.79 bits per heavy atom. The van der Waals surface area contributed by atoms with Crippen molar-refractivity contribution >= 4 is 39.2 Å². The van der Waals surface area contributed by atoms with Gasteiger partial charge in [0.25, 0.3) is 0 Å². The molecular formula is C29H24FN7OS. The summed E-state index contributed by atoms with van der Waals surface area (Å²) in [6.45, 7) is 4.54. The fourth-order valence-corrected chi connectivity index (χ4v) is 6.22. The molecule has 1 saturated heterocycles. The molecule has 6 aromatic rings. The lowest BCUT2D eigenvalue weighted by molar-refractivity contribution is 0.102. The van der Waals surface area contributed by atoms with Crippen molar-refractivity contribution in [3.63, 3.8) is 0 Å². The van der Waals surface area contributed by atoms with Crippen LogP contribution in [0.15, 0.2) is 55.0 Å². The maximum Gasteiger partial charge on any atom is 0.178 e. The number of Topliss-reactive ketones (excluding diaryl/α,β-unsaturated/α-hetero) is 1. The van der Waals surface area contributed by atoms with Crippen LogP contribution in [0.1, 0.15) is 35.0 Å². The number of rotatable bonds is 6. The summed E-state index contributed by atoms with van der Waals surface area (Å²) in [5.41, 5.74) is 5.28. The largest absolute Gasteiger partial charge is 0.335 e. The van der Waals surface area contributed by atoms with Crippen LogP contribution in [0.25, 0.3) is 55.2 Å². The Hall–Kier alpha value is -4.28. The zero-order chi connectivity index (χ0) is 26.5. The molecule has 39 heavy (non-hydrogen) atoms. The number of carbonyl (C=O) groups is 1. The topological polar surface area (TPSA) is 103 Å².